The second-order valence-electron chi connectivity index (χ2n) is 7.48. The van der Waals surface area contributed by atoms with Gasteiger partial charge in [-0.25, -0.2) is 4.98 Å². The van der Waals surface area contributed by atoms with Gasteiger partial charge in [0.2, 0.25) is 11.8 Å². The Kier molecular flexibility index (Phi) is 5.32. The third-order valence-corrected chi connectivity index (χ3v) is 7.39. The van der Waals surface area contributed by atoms with E-state index in [1.807, 2.05) is 0 Å². The predicted octanol–water partition coefficient (Wildman–Crippen LogP) is 5.33. The number of halogens is 3. The summed E-state index contributed by atoms with van der Waals surface area (Å²) >= 11 is 2.67. The summed E-state index contributed by atoms with van der Waals surface area (Å²) in [6.45, 7) is 1.67. The summed E-state index contributed by atoms with van der Waals surface area (Å²) < 4.78 is 46.7. The molecule has 166 valence electrons. The van der Waals surface area contributed by atoms with Crippen molar-refractivity contribution >= 4 is 33.3 Å². The van der Waals surface area contributed by atoms with Gasteiger partial charge < -0.3 is 4.42 Å². The molecule has 11 heteroatoms. The zero-order valence-electron chi connectivity index (χ0n) is 16.9. The van der Waals surface area contributed by atoms with E-state index in [9.17, 15) is 18.0 Å². The number of aryl methyl sites for hydroxylation is 3. The summed E-state index contributed by atoms with van der Waals surface area (Å²) in [6, 6.07) is 4.76. The highest BCUT2D eigenvalue weighted by Crippen LogP contribution is 2.36. The molecule has 0 bridgehead atoms. The number of benzene rings is 1. The molecule has 0 atom stereocenters. The maximum atomic E-state index is 13.6. The molecular weight excluding hydrogens is 461 g/mol. The number of rotatable bonds is 4. The molecule has 0 N–H and O–H groups in total. The van der Waals surface area contributed by atoms with Crippen LogP contribution in [0.25, 0.3) is 15.9 Å². The first-order valence-corrected chi connectivity index (χ1v) is 11.8. The van der Waals surface area contributed by atoms with E-state index >= 15 is 0 Å². The van der Waals surface area contributed by atoms with Crippen LogP contribution < -0.4 is 5.56 Å². The van der Waals surface area contributed by atoms with Crippen molar-refractivity contribution in [2.45, 2.75) is 49.7 Å². The number of thiophene rings is 1. The minimum Gasteiger partial charge on any atom is -0.425 e. The molecule has 0 radical (unpaired) electrons. The molecule has 0 amide bonds. The van der Waals surface area contributed by atoms with Gasteiger partial charge in [0.25, 0.3) is 5.56 Å². The molecule has 0 saturated carbocycles. The monoisotopic (exact) mass is 478 g/mol. The van der Waals surface area contributed by atoms with Crippen LogP contribution in [0.1, 0.15) is 40.6 Å². The Balaban J connectivity index is 1.69. The van der Waals surface area contributed by atoms with E-state index in [0.29, 0.717) is 22.0 Å². The average Bonchev–Trinajstić information content (AvgIpc) is 3.34. The average molecular weight is 479 g/mol. The third kappa shape index (κ3) is 3.83. The van der Waals surface area contributed by atoms with E-state index in [-0.39, 0.29) is 22.2 Å². The summed E-state index contributed by atoms with van der Waals surface area (Å²) in [5.41, 5.74) is -0.0616. The molecule has 32 heavy (non-hydrogen) atoms. The first-order valence-electron chi connectivity index (χ1n) is 9.98. The summed E-state index contributed by atoms with van der Waals surface area (Å²) in [4.78, 5) is 20.1. The van der Waals surface area contributed by atoms with E-state index in [1.54, 1.807) is 6.92 Å². The maximum absolute atomic E-state index is 13.6. The van der Waals surface area contributed by atoms with Gasteiger partial charge in [0.05, 0.1) is 22.4 Å². The van der Waals surface area contributed by atoms with Crippen LogP contribution in [0.15, 0.2) is 38.6 Å². The summed E-state index contributed by atoms with van der Waals surface area (Å²) in [6.07, 6.45) is -0.812. The highest BCUT2D eigenvalue weighted by atomic mass is 32.2. The maximum Gasteiger partial charge on any atom is 0.416 e. The summed E-state index contributed by atoms with van der Waals surface area (Å²) in [7, 11) is 0. The molecule has 0 aliphatic heterocycles. The Morgan fingerprint density at radius 1 is 1.22 bits per heavy atom. The van der Waals surface area contributed by atoms with Crippen molar-refractivity contribution in [1.29, 1.82) is 0 Å². The third-order valence-electron chi connectivity index (χ3n) is 5.28. The van der Waals surface area contributed by atoms with Crippen LogP contribution in [0.4, 0.5) is 13.2 Å². The SMILES string of the molecule is Cc1nnc(CSc2nc3sc4c(c3c(=O)n2-c2cccc(C(F)(F)F)c2)CCCC4)o1. The molecule has 0 unspecified atom stereocenters. The predicted molar refractivity (Wildman–Crippen MR) is 115 cm³/mol. The van der Waals surface area contributed by atoms with E-state index in [1.165, 1.54) is 39.8 Å². The van der Waals surface area contributed by atoms with Crippen LogP contribution in [0.3, 0.4) is 0 Å². The van der Waals surface area contributed by atoms with E-state index < -0.39 is 11.7 Å². The van der Waals surface area contributed by atoms with Crippen LogP contribution >= 0.6 is 23.1 Å². The lowest BCUT2D eigenvalue weighted by atomic mass is 9.97. The first kappa shape index (κ1) is 21.2. The van der Waals surface area contributed by atoms with Gasteiger partial charge in [-0.15, -0.1) is 21.5 Å². The Bertz CT molecular complexity index is 1370. The molecule has 0 saturated heterocycles. The van der Waals surface area contributed by atoms with Crippen molar-refractivity contribution in [2.24, 2.45) is 0 Å². The topological polar surface area (TPSA) is 73.8 Å². The van der Waals surface area contributed by atoms with E-state index in [0.717, 1.165) is 48.3 Å². The standard InChI is InChI=1S/C21H17F3N4O2S2/c1-11-26-27-16(30-11)10-31-20-25-18-17(14-7-2-3-8-15(14)32-18)19(29)28(20)13-6-4-5-12(9-13)21(22,23)24/h4-6,9H,2-3,7-8,10H2,1H3. The molecule has 1 aliphatic rings. The van der Waals surface area contributed by atoms with Gasteiger partial charge in [-0.05, 0) is 49.4 Å². The number of aromatic nitrogens is 4. The van der Waals surface area contributed by atoms with Gasteiger partial charge in [-0.2, -0.15) is 13.2 Å². The van der Waals surface area contributed by atoms with E-state index in [4.69, 9.17) is 9.40 Å². The fourth-order valence-corrected chi connectivity index (χ4v) is 6.01. The van der Waals surface area contributed by atoms with Crippen molar-refractivity contribution in [3.05, 3.63) is 62.4 Å². The van der Waals surface area contributed by atoms with Gasteiger partial charge in [0.15, 0.2) is 5.16 Å². The Labute approximate surface area is 188 Å². The first-order chi connectivity index (χ1) is 15.3. The van der Waals surface area contributed by atoms with Gasteiger partial charge >= 0.3 is 6.18 Å². The number of alkyl halides is 3. The number of nitrogens with zero attached hydrogens (tertiary/aromatic N) is 4. The highest BCUT2D eigenvalue weighted by molar-refractivity contribution is 7.98. The minimum atomic E-state index is -4.52. The normalized spacial score (nSPS) is 14.1. The Hall–Kier alpha value is -2.66. The quantitative estimate of drug-likeness (QED) is 0.292. The lowest BCUT2D eigenvalue weighted by Crippen LogP contribution is -2.22. The smallest absolute Gasteiger partial charge is 0.416 e. The number of hydrogen-bond acceptors (Lipinski definition) is 7. The molecule has 0 fully saturated rings. The fraction of sp³-hybridized carbons (Fsp3) is 0.333. The Morgan fingerprint density at radius 3 is 2.78 bits per heavy atom. The Morgan fingerprint density at radius 2 is 2.03 bits per heavy atom. The lowest BCUT2D eigenvalue weighted by molar-refractivity contribution is -0.137. The van der Waals surface area contributed by atoms with Crippen molar-refractivity contribution in [3.8, 4) is 5.69 Å². The summed E-state index contributed by atoms with van der Waals surface area (Å²) in [5.74, 6) is 0.996. The van der Waals surface area contributed by atoms with E-state index in [2.05, 4.69) is 10.2 Å². The zero-order chi connectivity index (χ0) is 22.5. The fourth-order valence-electron chi connectivity index (χ4n) is 3.85. The second kappa shape index (κ2) is 8.04. The van der Waals surface area contributed by atoms with Gasteiger partial charge in [0.1, 0.15) is 4.83 Å². The molecule has 3 heterocycles. The molecule has 5 rings (SSSR count). The van der Waals surface area contributed by atoms with Crippen molar-refractivity contribution in [3.63, 3.8) is 0 Å². The molecule has 1 aliphatic carbocycles. The van der Waals surface area contributed by atoms with Crippen molar-refractivity contribution in [1.82, 2.24) is 19.7 Å². The second-order valence-corrected chi connectivity index (χ2v) is 9.50. The minimum absolute atomic E-state index is 0.124. The van der Waals surface area contributed by atoms with Crippen LogP contribution in [-0.4, -0.2) is 19.7 Å². The van der Waals surface area contributed by atoms with Crippen LogP contribution in [0.5, 0.6) is 0 Å². The molecule has 3 aromatic heterocycles. The molecule has 0 spiro atoms. The number of hydrogen-bond donors (Lipinski definition) is 0. The summed E-state index contributed by atoms with van der Waals surface area (Å²) in [5, 5.41) is 8.54. The van der Waals surface area contributed by atoms with Crippen LogP contribution in [0, 0.1) is 6.92 Å². The highest BCUT2D eigenvalue weighted by Gasteiger charge is 2.31. The largest absolute Gasteiger partial charge is 0.425 e. The molecular formula is C21H17F3N4O2S2. The van der Waals surface area contributed by atoms with Gasteiger partial charge in [-0.1, -0.05) is 17.8 Å². The molecule has 6 nitrogen and oxygen atoms in total. The van der Waals surface area contributed by atoms with Crippen LogP contribution in [-0.2, 0) is 24.8 Å². The van der Waals surface area contributed by atoms with Crippen LogP contribution in [0.2, 0.25) is 0 Å². The van der Waals surface area contributed by atoms with Crippen molar-refractivity contribution in [2.75, 3.05) is 0 Å². The van der Waals surface area contributed by atoms with Gasteiger partial charge in [-0.3, -0.25) is 9.36 Å². The molecule has 4 aromatic rings. The molecule has 1 aromatic carbocycles. The van der Waals surface area contributed by atoms with Crippen molar-refractivity contribution < 1.29 is 17.6 Å². The van der Waals surface area contributed by atoms with Gasteiger partial charge in [0, 0.05) is 11.8 Å². The lowest BCUT2D eigenvalue weighted by Gasteiger charge is -2.15. The number of fused-ring (bicyclic) bond motifs is 3. The zero-order valence-corrected chi connectivity index (χ0v) is 18.5. The number of thioether (sulfide) groups is 1.